The molecule has 0 fully saturated rings. The normalized spacial score (nSPS) is 13.3. The molecule has 0 aromatic heterocycles. The summed E-state index contributed by atoms with van der Waals surface area (Å²) in [6, 6.07) is 11.1. The summed E-state index contributed by atoms with van der Waals surface area (Å²) in [7, 11) is 0. The third-order valence-corrected chi connectivity index (χ3v) is 4.16. The Morgan fingerprint density at radius 2 is 1.89 bits per heavy atom. The number of carbonyl (C=O) groups excluding carboxylic acids is 3. The van der Waals surface area contributed by atoms with Crippen LogP contribution in [0.15, 0.2) is 42.5 Å². The van der Waals surface area contributed by atoms with Crippen LogP contribution in [0.4, 0.5) is 11.4 Å². The van der Waals surface area contributed by atoms with Crippen LogP contribution in [0.3, 0.4) is 0 Å². The second-order valence-electron chi connectivity index (χ2n) is 6.27. The number of benzene rings is 2. The van der Waals surface area contributed by atoms with E-state index in [9.17, 15) is 14.4 Å². The maximum atomic E-state index is 12.0. The van der Waals surface area contributed by atoms with Gasteiger partial charge in [0.1, 0.15) is 11.5 Å². The summed E-state index contributed by atoms with van der Waals surface area (Å²) in [5, 5.41) is 13.6. The van der Waals surface area contributed by atoms with Crippen molar-refractivity contribution in [3.63, 3.8) is 0 Å². The third-order valence-electron chi connectivity index (χ3n) is 4.16. The molecular weight excluding hydrogens is 366 g/mol. The summed E-state index contributed by atoms with van der Waals surface area (Å²) in [5.41, 5.74) is 7.89. The van der Waals surface area contributed by atoms with E-state index in [1.807, 2.05) is 0 Å². The van der Waals surface area contributed by atoms with Gasteiger partial charge in [-0.3, -0.25) is 9.59 Å². The minimum absolute atomic E-state index is 0.0429. The summed E-state index contributed by atoms with van der Waals surface area (Å²) in [4.78, 5) is 37.8. The number of fused-ring (bicyclic) bond motifs is 1. The zero-order chi connectivity index (χ0) is 20.1. The molecule has 9 nitrogen and oxygen atoms in total. The van der Waals surface area contributed by atoms with Gasteiger partial charge in [-0.1, -0.05) is 0 Å². The van der Waals surface area contributed by atoms with Crippen LogP contribution in [0, 0.1) is 0 Å². The molecule has 0 unspecified atom stereocenters. The largest absolute Gasteiger partial charge is 0.457 e. The van der Waals surface area contributed by atoms with Gasteiger partial charge in [0, 0.05) is 11.4 Å². The van der Waals surface area contributed by atoms with E-state index in [2.05, 4.69) is 15.5 Å². The van der Waals surface area contributed by atoms with Crippen molar-refractivity contribution < 1.29 is 29.3 Å². The van der Waals surface area contributed by atoms with Crippen LogP contribution in [-0.2, 0) is 25.7 Å². The Bertz CT molecular complexity index is 897. The molecule has 146 valence electrons. The van der Waals surface area contributed by atoms with E-state index in [-0.39, 0.29) is 18.7 Å². The van der Waals surface area contributed by atoms with E-state index >= 15 is 0 Å². The van der Waals surface area contributed by atoms with Gasteiger partial charge < -0.3 is 26.0 Å². The lowest BCUT2D eigenvalue weighted by Crippen LogP contribution is -2.36. The highest BCUT2D eigenvalue weighted by Crippen LogP contribution is 2.30. The maximum Gasteiger partial charge on any atom is 0.342 e. The molecule has 0 saturated carbocycles. The van der Waals surface area contributed by atoms with Crippen molar-refractivity contribution in [3.8, 4) is 11.5 Å². The average Bonchev–Trinajstić information content (AvgIpc) is 3.06. The Labute approximate surface area is 160 Å². The number of ether oxygens (including phenoxy) is 1. The molecule has 3 rings (SSSR count). The maximum absolute atomic E-state index is 12.0. The van der Waals surface area contributed by atoms with Gasteiger partial charge in [-0.15, -0.1) is 0 Å². The quantitative estimate of drug-likeness (QED) is 0.422. The van der Waals surface area contributed by atoms with Crippen molar-refractivity contribution >= 4 is 29.2 Å². The van der Waals surface area contributed by atoms with E-state index in [0.29, 0.717) is 23.6 Å². The molecule has 0 radical (unpaired) electrons. The molecule has 2 aromatic carbocycles. The van der Waals surface area contributed by atoms with Crippen LogP contribution in [0.1, 0.15) is 18.4 Å². The number of rotatable bonds is 7. The standard InChI is InChI=1S/C19H19N3O6/c20-15(6-8-18(24)28-26)19(25)21-12-1-3-13(4-2-12)27-14-5-7-16-11(9-14)10-17(23)22-16/h1-5,7,9,15,26H,6,8,10,20H2,(H,21,25)(H,22,23)/t15-/m0/s1. The predicted octanol–water partition coefficient (Wildman–Crippen LogP) is 2.04. The Morgan fingerprint density at radius 3 is 2.61 bits per heavy atom. The van der Waals surface area contributed by atoms with E-state index in [4.69, 9.17) is 15.7 Å². The molecule has 0 bridgehead atoms. The molecular formula is C19H19N3O6. The van der Waals surface area contributed by atoms with Crippen LogP contribution in [-0.4, -0.2) is 29.1 Å². The molecule has 1 heterocycles. The van der Waals surface area contributed by atoms with E-state index in [1.165, 1.54) is 0 Å². The lowest BCUT2D eigenvalue weighted by Gasteiger charge is -2.12. The van der Waals surface area contributed by atoms with E-state index in [0.717, 1.165) is 11.3 Å². The molecule has 2 aromatic rings. The summed E-state index contributed by atoms with van der Waals surface area (Å²) in [5.74, 6) is -0.194. The fourth-order valence-electron chi connectivity index (χ4n) is 2.70. The van der Waals surface area contributed by atoms with Gasteiger partial charge in [0.2, 0.25) is 11.8 Å². The highest BCUT2D eigenvalue weighted by Gasteiger charge is 2.18. The molecule has 2 amide bonds. The Kier molecular flexibility index (Phi) is 5.87. The SMILES string of the molecule is N[C@@H](CCC(=O)OO)C(=O)Nc1ccc(Oc2ccc3c(c2)CC(=O)N3)cc1. The predicted molar refractivity (Wildman–Crippen MR) is 99.9 cm³/mol. The third kappa shape index (κ3) is 4.84. The summed E-state index contributed by atoms with van der Waals surface area (Å²) < 4.78 is 5.77. The molecule has 9 heteroatoms. The van der Waals surface area contributed by atoms with Gasteiger partial charge >= 0.3 is 5.97 Å². The van der Waals surface area contributed by atoms with Gasteiger partial charge in [0.25, 0.3) is 0 Å². The summed E-state index contributed by atoms with van der Waals surface area (Å²) in [6.45, 7) is 0. The second-order valence-corrected chi connectivity index (χ2v) is 6.27. The first kappa shape index (κ1) is 19.3. The average molecular weight is 385 g/mol. The first-order valence-electron chi connectivity index (χ1n) is 8.56. The number of hydrogen-bond donors (Lipinski definition) is 4. The smallest absolute Gasteiger partial charge is 0.342 e. The van der Waals surface area contributed by atoms with Crippen molar-refractivity contribution in [2.24, 2.45) is 5.73 Å². The monoisotopic (exact) mass is 385 g/mol. The van der Waals surface area contributed by atoms with Crippen LogP contribution in [0.2, 0.25) is 0 Å². The number of amides is 2. The van der Waals surface area contributed by atoms with Crippen molar-refractivity contribution in [2.75, 3.05) is 10.6 Å². The molecule has 0 spiro atoms. The van der Waals surface area contributed by atoms with Gasteiger partial charge in [-0.25, -0.2) is 4.79 Å². The second kappa shape index (κ2) is 8.51. The lowest BCUT2D eigenvalue weighted by atomic mass is 10.1. The number of anilines is 2. The zero-order valence-electron chi connectivity index (χ0n) is 14.8. The van der Waals surface area contributed by atoms with Crippen LogP contribution < -0.4 is 21.1 Å². The lowest BCUT2D eigenvalue weighted by molar-refractivity contribution is -0.234. The molecule has 1 atom stereocenters. The van der Waals surface area contributed by atoms with E-state index in [1.54, 1.807) is 42.5 Å². The topological polar surface area (TPSA) is 140 Å². The number of carbonyl (C=O) groups is 3. The minimum Gasteiger partial charge on any atom is -0.457 e. The van der Waals surface area contributed by atoms with Crippen molar-refractivity contribution in [1.29, 1.82) is 0 Å². The number of nitrogens with one attached hydrogen (secondary N) is 2. The van der Waals surface area contributed by atoms with Crippen molar-refractivity contribution in [1.82, 2.24) is 0 Å². The molecule has 0 aliphatic carbocycles. The van der Waals surface area contributed by atoms with Gasteiger partial charge in [-0.05, 0) is 54.4 Å². The molecule has 28 heavy (non-hydrogen) atoms. The highest BCUT2D eigenvalue weighted by molar-refractivity contribution is 5.99. The Hall–Kier alpha value is -3.43. The van der Waals surface area contributed by atoms with Gasteiger partial charge in [-0.2, -0.15) is 5.26 Å². The molecule has 0 saturated heterocycles. The highest BCUT2D eigenvalue weighted by atomic mass is 17.1. The van der Waals surface area contributed by atoms with Crippen LogP contribution in [0.5, 0.6) is 11.5 Å². The Balaban J connectivity index is 1.55. The Morgan fingerprint density at radius 1 is 1.18 bits per heavy atom. The fraction of sp³-hybridized carbons (Fsp3) is 0.211. The molecule has 1 aliphatic heterocycles. The number of nitrogens with two attached hydrogens (primary N) is 1. The van der Waals surface area contributed by atoms with Gasteiger partial charge in [0.05, 0.1) is 18.9 Å². The van der Waals surface area contributed by atoms with Crippen LogP contribution in [0.25, 0.3) is 0 Å². The first-order chi connectivity index (χ1) is 13.4. The molecule has 1 aliphatic rings. The summed E-state index contributed by atoms with van der Waals surface area (Å²) >= 11 is 0. The number of hydrogen-bond acceptors (Lipinski definition) is 7. The van der Waals surface area contributed by atoms with E-state index < -0.39 is 17.9 Å². The van der Waals surface area contributed by atoms with Crippen LogP contribution >= 0.6 is 0 Å². The summed E-state index contributed by atoms with van der Waals surface area (Å²) in [6.07, 6.45) is 0.204. The van der Waals surface area contributed by atoms with Crippen molar-refractivity contribution in [2.45, 2.75) is 25.3 Å². The first-order valence-corrected chi connectivity index (χ1v) is 8.56. The van der Waals surface area contributed by atoms with Gasteiger partial charge in [0.15, 0.2) is 0 Å². The molecule has 5 N–H and O–H groups in total. The minimum atomic E-state index is -0.919. The zero-order valence-corrected chi connectivity index (χ0v) is 14.8. The van der Waals surface area contributed by atoms with Crippen molar-refractivity contribution in [3.05, 3.63) is 48.0 Å². The fourth-order valence-corrected chi connectivity index (χ4v) is 2.70.